The number of hydrogen-bond acceptors (Lipinski definition) is 6. The number of nitrogens with zero attached hydrogens (tertiary/aromatic N) is 4. The molecule has 0 spiro atoms. The number of aliphatic imine (C=N–C) groups is 1. The first-order chi connectivity index (χ1) is 12.7. The molecule has 26 heavy (non-hydrogen) atoms. The molecule has 1 aromatic carbocycles. The summed E-state index contributed by atoms with van der Waals surface area (Å²) >= 11 is 1.73. The van der Waals surface area contributed by atoms with E-state index in [0.29, 0.717) is 6.04 Å². The molecular formula is C20H25N5S. The van der Waals surface area contributed by atoms with E-state index in [-0.39, 0.29) is 0 Å². The first kappa shape index (κ1) is 17.4. The van der Waals surface area contributed by atoms with Crippen molar-refractivity contribution in [1.29, 1.82) is 0 Å². The predicted octanol–water partition coefficient (Wildman–Crippen LogP) is 3.81. The van der Waals surface area contributed by atoms with E-state index < -0.39 is 0 Å². The fourth-order valence-corrected chi connectivity index (χ4v) is 3.96. The van der Waals surface area contributed by atoms with Gasteiger partial charge in [0, 0.05) is 49.5 Å². The highest BCUT2D eigenvalue weighted by molar-refractivity contribution is 7.98. The molecule has 6 heteroatoms. The molecule has 2 aromatic rings. The SMILES string of the molecule is CSc1ccc(N2CCN(C(C)c3ccc4c(c3)N=CCN4)CC2)nc1. The van der Waals surface area contributed by atoms with Crippen LogP contribution in [-0.4, -0.2) is 55.1 Å². The van der Waals surface area contributed by atoms with Gasteiger partial charge in [0.05, 0.1) is 17.9 Å². The molecular weight excluding hydrogens is 342 g/mol. The van der Waals surface area contributed by atoms with Crippen LogP contribution in [0.2, 0.25) is 0 Å². The van der Waals surface area contributed by atoms with E-state index in [4.69, 9.17) is 0 Å². The minimum atomic E-state index is 0.395. The number of aromatic nitrogens is 1. The minimum Gasteiger partial charge on any atom is -0.378 e. The highest BCUT2D eigenvalue weighted by Gasteiger charge is 2.23. The van der Waals surface area contributed by atoms with Gasteiger partial charge in [-0.15, -0.1) is 11.8 Å². The van der Waals surface area contributed by atoms with Crippen molar-refractivity contribution in [3.05, 3.63) is 42.1 Å². The lowest BCUT2D eigenvalue weighted by atomic mass is 10.0. The maximum atomic E-state index is 4.61. The molecule has 136 valence electrons. The molecule has 1 N–H and O–H groups in total. The summed E-state index contributed by atoms with van der Waals surface area (Å²) in [5.74, 6) is 1.09. The Morgan fingerprint density at radius 2 is 1.96 bits per heavy atom. The number of benzene rings is 1. The van der Waals surface area contributed by atoms with E-state index in [0.717, 1.165) is 49.9 Å². The fourth-order valence-electron chi connectivity index (χ4n) is 3.59. The normalized spacial score (nSPS) is 18.3. The Hall–Kier alpha value is -2.05. The summed E-state index contributed by atoms with van der Waals surface area (Å²) in [5.41, 5.74) is 3.52. The van der Waals surface area contributed by atoms with Gasteiger partial charge in [0.1, 0.15) is 5.82 Å². The first-order valence-corrected chi connectivity index (χ1v) is 10.4. The van der Waals surface area contributed by atoms with Gasteiger partial charge in [-0.25, -0.2) is 4.98 Å². The summed E-state index contributed by atoms with van der Waals surface area (Å²) in [4.78, 5) is 15.3. The molecule has 1 fully saturated rings. The van der Waals surface area contributed by atoms with Crippen LogP contribution in [0.5, 0.6) is 0 Å². The van der Waals surface area contributed by atoms with E-state index >= 15 is 0 Å². The van der Waals surface area contributed by atoms with Gasteiger partial charge in [-0.05, 0) is 43.0 Å². The molecule has 0 saturated carbocycles. The number of fused-ring (bicyclic) bond motifs is 1. The van der Waals surface area contributed by atoms with Gasteiger partial charge in [0.2, 0.25) is 0 Å². The van der Waals surface area contributed by atoms with Crippen molar-refractivity contribution >= 4 is 35.2 Å². The molecule has 1 unspecified atom stereocenters. The van der Waals surface area contributed by atoms with Crippen molar-refractivity contribution in [2.75, 3.05) is 49.2 Å². The molecule has 0 radical (unpaired) electrons. The zero-order valence-electron chi connectivity index (χ0n) is 15.4. The zero-order chi connectivity index (χ0) is 17.9. The van der Waals surface area contributed by atoms with Crippen molar-refractivity contribution in [3.8, 4) is 0 Å². The molecule has 2 aliphatic rings. The molecule has 0 aliphatic carbocycles. The molecule has 1 aromatic heterocycles. The Morgan fingerprint density at radius 3 is 2.69 bits per heavy atom. The topological polar surface area (TPSA) is 43.8 Å². The smallest absolute Gasteiger partial charge is 0.128 e. The van der Waals surface area contributed by atoms with Crippen LogP contribution in [0.3, 0.4) is 0 Å². The van der Waals surface area contributed by atoms with Crippen molar-refractivity contribution in [3.63, 3.8) is 0 Å². The summed E-state index contributed by atoms with van der Waals surface area (Å²) in [5, 5.41) is 3.36. The van der Waals surface area contributed by atoms with Crippen LogP contribution in [-0.2, 0) is 0 Å². The highest BCUT2D eigenvalue weighted by Crippen LogP contribution is 2.32. The average molecular weight is 368 g/mol. The Kier molecular flexibility index (Phi) is 5.13. The van der Waals surface area contributed by atoms with Crippen LogP contribution in [0, 0.1) is 0 Å². The molecule has 1 saturated heterocycles. The lowest BCUT2D eigenvalue weighted by Gasteiger charge is -2.39. The van der Waals surface area contributed by atoms with E-state index in [1.807, 2.05) is 12.4 Å². The number of pyridine rings is 1. The molecule has 4 rings (SSSR count). The second-order valence-corrected chi connectivity index (χ2v) is 7.60. The van der Waals surface area contributed by atoms with Gasteiger partial charge in [-0.3, -0.25) is 9.89 Å². The summed E-state index contributed by atoms with van der Waals surface area (Å²) < 4.78 is 0. The maximum absolute atomic E-state index is 4.61. The predicted molar refractivity (Wildman–Crippen MR) is 111 cm³/mol. The Labute approximate surface area is 159 Å². The highest BCUT2D eigenvalue weighted by atomic mass is 32.2. The summed E-state index contributed by atoms with van der Waals surface area (Å²) in [6.45, 7) is 7.23. The quantitative estimate of drug-likeness (QED) is 0.833. The number of anilines is 2. The fraction of sp³-hybridized carbons (Fsp3) is 0.400. The lowest BCUT2D eigenvalue weighted by Crippen LogP contribution is -2.47. The van der Waals surface area contributed by atoms with E-state index in [1.165, 1.54) is 10.5 Å². The Bertz CT molecular complexity index is 781. The third kappa shape index (κ3) is 3.57. The molecule has 3 heterocycles. The van der Waals surface area contributed by atoms with Crippen LogP contribution >= 0.6 is 11.8 Å². The van der Waals surface area contributed by atoms with Crippen LogP contribution in [0.25, 0.3) is 0 Å². The van der Waals surface area contributed by atoms with Crippen LogP contribution < -0.4 is 10.2 Å². The van der Waals surface area contributed by atoms with Crippen molar-refractivity contribution < 1.29 is 0 Å². The van der Waals surface area contributed by atoms with E-state index in [1.54, 1.807) is 11.8 Å². The summed E-state index contributed by atoms with van der Waals surface area (Å²) in [6.07, 6.45) is 5.99. The van der Waals surface area contributed by atoms with Crippen LogP contribution in [0.1, 0.15) is 18.5 Å². The number of thioether (sulfide) groups is 1. The maximum Gasteiger partial charge on any atom is 0.128 e. The number of rotatable bonds is 4. The number of piperazine rings is 1. The minimum absolute atomic E-state index is 0.395. The lowest BCUT2D eigenvalue weighted by molar-refractivity contribution is 0.198. The molecule has 0 amide bonds. The van der Waals surface area contributed by atoms with Gasteiger partial charge in [-0.1, -0.05) is 6.07 Å². The van der Waals surface area contributed by atoms with Gasteiger partial charge < -0.3 is 10.2 Å². The zero-order valence-corrected chi connectivity index (χ0v) is 16.2. The molecule has 0 bridgehead atoms. The monoisotopic (exact) mass is 367 g/mol. The van der Waals surface area contributed by atoms with Gasteiger partial charge in [-0.2, -0.15) is 0 Å². The van der Waals surface area contributed by atoms with E-state index in [2.05, 4.69) is 68.6 Å². The van der Waals surface area contributed by atoms with Crippen LogP contribution in [0.4, 0.5) is 17.2 Å². The van der Waals surface area contributed by atoms with Crippen molar-refractivity contribution in [2.24, 2.45) is 4.99 Å². The molecule has 1 atom stereocenters. The Morgan fingerprint density at radius 1 is 1.12 bits per heavy atom. The van der Waals surface area contributed by atoms with Gasteiger partial charge >= 0.3 is 0 Å². The standard InChI is InChI=1S/C20H25N5S/c1-15(16-3-5-18-19(13-16)22-8-7-21-18)24-9-11-25(12-10-24)20-6-4-17(26-2)14-23-20/h3-6,8,13-15,21H,7,9-12H2,1-2H3. The second kappa shape index (κ2) is 7.68. The number of hydrogen-bond donors (Lipinski definition) is 1. The molecule has 5 nitrogen and oxygen atoms in total. The van der Waals surface area contributed by atoms with E-state index in [9.17, 15) is 0 Å². The van der Waals surface area contributed by atoms with Crippen molar-refractivity contribution in [1.82, 2.24) is 9.88 Å². The van der Waals surface area contributed by atoms with Crippen LogP contribution in [0.15, 0.2) is 46.4 Å². The third-order valence-electron chi connectivity index (χ3n) is 5.26. The first-order valence-electron chi connectivity index (χ1n) is 9.14. The largest absolute Gasteiger partial charge is 0.378 e. The average Bonchev–Trinajstić information content (AvgIpc) is 2.73. The van der Waals surface area contributed by atoms with Gasteiger partial charge in [0.15, 0.2) is 0 Å². The molecule has 2 aliphatic heterocycles. The Balaban J connectivity index is 1.40. The summed E-state index contributed by atoms with van der Waals surface area (Å²) in [6, 6.07) is 11.3. The number of nitrogens with one attached hydrogen (secondary N) is 1. The van der Waals surface area contributed by atoms with Crippen molar-refractivity contribution in [2.45, 2.75) is 17.9 Å². The third-order valence-corrected chi connectivity index (χ3v) is 5.97. The van der Waals surface area contributed by atoms with Gasteiger partial charge in [0.25, 0.3) is 0 Å². The summed E-state index contributed by atoms with van der Waals surface area (Å²) in [7, 11) is 0. The second-order valence-electron chi connectivity index (χ2n) is 6.72.